The number of hydrogen-bond donors (Lipinski definition) is 0. The predicted octanol–water partition coefficient (Wildman–Crippen LogP) is 4.13. The van der Waals surface area contributed by atoms with Crippen LogP contribution in [0.25, 0.3) is 6.08 Å². The van der Waals surface area contributed by atoms with Crippen LogP contribution < -0.4 is 0 Å². The minimum Gasteiger partial charge on any atom is -0.207 e. The highest BCUT2D eigenvalue weighted by Gasteiger charge is 2.22. The van der Waals surface area contributed by atoms with Crippen LogP contribution in [0.2, 0.25) is 5.02 Å². The Bertz CT molecular complexity index is 1010. The molecule has 2 aromatic rings. The van der Waals surface area contributed by atoms with Crippen LogP contribution in [0.3, 0.4) is 0 Å². The van der Waals surface area contributed by atoms with Crippen molar-refractivity contribution in [3.63, 3.8) is 0 Å². The van der Waals surface area contributed by atoms with Crippen molar-refractivity contribution in [2.45, 2.75) is 4.90 Å². The predicted molar refractivity (Wildman–Crippen MR) is 108 cm³/mol. The molecule has 2 aromatic carbocycles. The Morgan fingerprint density at radius 3 is 2.41 bits per heavy atom. The van der Waals surface area contributed by atoms with Crippen molar-refractivity contribution in [1.82, 2.24) is 4.31 Å². The molecule has 136 valence electrons. The van der Waals surface area contributed by atoms with E-state index in [2.05, 4.69) is 12.0 Å². The van der Waals surface area contributed by atoms with E-state index in [-0.39, 0.29) is 18.0 Å². The lowest BCUT2D eigenvalue weighted by Gasteiger charge is -2.18. The van der Waals surface area contributed by atoms with Crippen LogP contribution in [0.15, 0.2) is 77.2 Å². The summed E-state index contributed by atoms with van der Waals surface area (Å²) in [6.07, 6.45) is 10.2. The summed E-state index contributed by atoms with van der Waals surface area (Å²) in [7, 11) is -3.71. The van der Waals surface area contributed by atoms with Gasteiger partial charge < -0.3 is 0 Å². The van der Waals surface area contributed by atoms with E-state index in [1.54, 1.807) is 60.7 Å². The first-order chi connectivity index (χ1) is 13.0. The SMILES string of the molecule is C#CCN(C/C=C/C(C#N)=C/c1ccc(Cl)cc1)S(=O)(=O)c1ccccc1. The first-order valence-corrected chi connectivity index (χ1v) is 9.81. The molecule has 0 heterocycles. The fourth-order valence-corrected chi connectivity index (χ4v) is 3.70. The zero-order chi connectivity index (χ0) is 19.7. The first kappa shape index (κ1) is 20.5. The molecule has 0 aliphatic rings. The van der Waals surface area contributed by atoms with Crippen molar-refractivity contribution < 1.29 is 8.42 Å². The molecular weight excluding hydrogens is 380 g/mol. The number of rotatable bonds is 7. The van der Waals surface area contributed by atoms with Gasteiger partial charge in [-0.3, -0.25) is 0 Å². The summed E-state index contributed by atoms with van der Waals surface area (Å²) in [5.74, 6) is 2.36. The van der Waals surface area contributed by atoms with Crippen LogP contribution in [-0.4, -0.2) is 25.8 Å². The lowest BCUT2D eigenvalue weighted by atomic mass is 10.1. The number of allylic oxidation sites excluding steroid dienone is 2. The number of halogens is 1. The molecule has 27 heavy (non-hydrogen) atoms. The van der Waals surface area contributed by atoms with E-state index in [0.29, 0.717) is 10.6 Å². The number of nitriles is 1. The van der Waals surface area contributed by atoms with Gasteiger partial charge in [-0.15, -0.1) is 6.42 Å². The largest absolute Gasteiger partial charge is 0.244 e. The highest BCUT2D eigenvalue weighted by Crippen LogP contribution is 2.16. The average molecular weight is 397 g/mol. The summed E-state index contributed by atoms with van der Waals surface area (Å²) < 4.78 is 26.6. The molecule has 0 saturated heterocycles. The summed E-state index contributed by atoms with van der Waals surface area (Å²) >= 11 is 5.85. The lowest BCUT2D eigenvalue weighted by molar-refractivity contribution is 0.478. The summed E-state index contributed by atoms with van der Waals surface area (Å²) in [5, 5.41) is 9.90. The van der Waals surface area contributed by atoms with Crippen LogP contribution in [0.5, 0.6) is 0 Å². The smallest absolute Gasteiger partial charge is 0.207 e. The van der Waals surface area contributed by atoms with E-state index in [1.165, 1.54) is 16.4 Å². The Labute approximate surface area is 165 Å². The average Bonchev–Trinajstić information content (AvgIpc) is 2.68. The maximum absolute atomic E-state index is 12.7. The molecule has 0 unspecified atom stereocenters. The summed E-state index contributed by atoms with van der Waals surface area (Å²) in [4.78, 5) is 0.172. The second-order valence-corrected chi connectivity index (χ2v) is 7.85. The van der Waals surface area contributed by atoms with Gasteiger partial charge in [0, 0.05) is 11.6 Å². The van der Waals surface area contributed by atoms with Gasteiger partial charge in [0.25, 0.3) is 0 Å². The quantitative estimate of drug-likeness (QED) is 0.401. The van der Waals surface area contributed by atoms with Gasteiger partial charge in [0.1, 0.15) is 0 Å². The molecule has 0 saturated carbocycles. The Hall–Kier alpha value is -2.83. The van der Waals surface area contributed by atoms with Gasteiger partial charge in [-0.1, -0.05) is 53.9 Å². The standard InChI is InChI=1S/C21H17ClN2O2S/c1-2-14-24(27(25,26)21-8-4-3-5-9-21)15-6-7-19(17-23)16-18-10-12-20(22)13-11-18/h1,3-13,16H,14-15H2/b7-6+,19-16-. The lowest BCUT2D eigenvalue weighted by Crippen LogP contribution is -2.31. The molecule has 0 bridgehead atoms. The molecule has 0 spiro atoms. The van der Waals surface area contributed by atoms with Crippen LogP contribution in [0, 0.1) is 23.7 Å². The molecule has 0 aromatic heterocycles. The highest BCUT2D eigenvalue weighted by atomic mass is 35.5. The number of benzene rings is 2. The Kier molecular flexibility index (Phi) is 7.40. The Balaban J connectivity index is 2.18. The van der Waals surface area contributed by atoms with Gasteiger partial charge in [0.2, 0.25) is 10.0 Å². The van der Waals surface area contributed by atoms with Gasteiger partial charge in [-0.2, -0.15) is 9.57 Å². The Morgan fingerprint density at radius 1 is 1.15 bits per heavy atom. The fourth-order valence-electron chi connectivity index (χ4n) is 2.24. The summed E-state index contributed by atoms with van der Waals surface area (Å²) in [5.41, 5.74) is 1.20. The molecule has 0 radical (unpaired) electrons. The van der Waals surface area contributed by atoms with Gasteiger partial charge >= 0.3 is 0 Å². The van der Waals surface area contributed by atoms with Crippen LogP contribution in [0.1, 0.15) is 5.56 Å². The van der Waals surface area contributed by atoms with Crippen molar-refractivity contribution in [3.8, 4) is 18.4 Å². The fraction of sp³-hybridized carbons (Fsp3) is 0.0952. The van der Waals surface area contributed by atoms with Crippen molar-refractivity contribution in [3.05, 3.63) is 82.9 Å². The van der Waals surface area contributed by atoms with Crippen LogP contribution >= 0.6 is 11.6 Å². The van der Waals surface area contributed by atoms with E-state index >= 15 is 0 Å². The van der Waals surface area contributed by atoms with E-state index in [0.717, 1.165) is 5.56 Å². The molecule has 0 aliphatic carbocycles. The second-order valence-electron chi connectivity index (χ2n) is 5.48. The molecule has 0 fully saturated rings. The number of terminal acetylenes is 1. The number of nitrogens with zero attached hydrogens (tertiary/aromatic N) is 2. The minimum atomic E-state index is -3.71. The maximum Gasteiger partial charge on any atom is 0.244 e. The highest BCUT2D eigenvalue weighted by molar-refractivity contribution is 7.89. The van der Waals surface area contributed by atoms with Gasteiger partial charge in [-0.25, -0.2) is 8.42 Å². The number of hydrogen-bond acceptors (Lipinski definition) is 3. The van der Waals surface area contributed by atoms with Gasteiger partial charge in [0.05, 0.1) is 23.1 Å². The molecule has 6 heteroatoms. The summed E-state index contributed by atoms with van der Waals surface area (Å²) in [6, 6.07) is 17.2. The van der Waals surface area contributed by atoms with Gasteiger partial charge in [0.15, 0.2) is 0 Å². The third-order valence-electron chi connectivity index (χ3n) is 3.58. The van der Waals surface area contributed by atoms with E-state index < -0.39 is 10.0 Å². The molecule has 0 N–H and O–H groups in total. The topological polar surface area (TPSA) is 61.2 Å². The third kappa shape index (κ3) is 5.84. The molecule has 0 atom stereocenters. The monoisotopic (exact) mass is 396 g/mol. The zero-order valence-electron chi connectivity index (χ0n) is 14.4. The molecule has 0 amide bonds. The van der Waals surface area contributed by atoms with E-state index in [9.17, 15) is 13.7 Å². The van der Waals surface area contributed by atoms with E-state index in [4.69, 9.17) is 18.0 Å². The van der Waals surface area contributed by atoms with E-state index in [1.807, 2.05) is 0 Å². The normalized spacial score (nSPS) is 12.1. The van der Waals surface area contributed by atoms with Crippen LogP contribution in [0.4, 0.5) is 0 Å². The first-order valence-electron chi connectivity index (χ1n) is 8.00. The zero-order valence-corrected chi connectivity index (χ0v) is 16.0. The third-order valence-corrected chi connectivity index (χ3v) is 5.65. The summed E-state index contributed by atoms with van der Waals surface area (Å²) in [6.45, 7) is -0.00851. The molecule has 0 aliphatic heterocycles. The van der Waals surface area contributed by atoms with Crippen LogP contribution in [-0.2, 0) is 10.0 Å². The minimum absolute atomic E-state index is 0.0566. The second kappa shape index (κ2) is 9.75. The van der Waals surface area contributed by atoms with Crippen molar-refractivity contribution >= 4 is 27.7 Å². The van der Waals surface area contributed by atoms with Crippen molar-refractivity contribution in [1.29, 1.82) is 5.26 Å². The number of sulfonamides is 1. The molecule has 2 rings (SSSR count). The van der Waals surface area contributed by atoms with Gasteiger partial charge in [-0.05, 0) is 42.0 Å². The maximum atomic E-state index is 12.7. The molecule has 4 nitrogen and oxygen atoms in total. The molecular formula is C21H17ClN2O2S. The van der Waals surface area contributed by atoms with Crippen molar-refractivity contribution in [2.24, 2.45) is 0 Å². The van der Waals surface area contributed by atoms with Crippen molar-refractivity contribution in [2.75, 3.05) is 13.1 Å². The Morgan fingerprint density at radius 2 is 1.81 bits per heavy atom.